The topological polar surface area (TPSA) is 39.1 Å². The van der Waals surface area contributed by atoms with Crippen LogP contribution in [0.3, 0.4) is 0 Å². The van der Waals surface area contributed by atoms with Crippen molar-refractivity contribution in [2.75, 3.05) is 26.2 Å². The highest BCUT2D eigenvalue weighted by molar-refractivity contribution is 5.03. The van der Waals surface area contributed by atoms with Crippen molar-refractivity contribution in [2.45, 2.75) is 65.3 Å². The average Bonchev–Trinajstić information content (AvgIpc) is 2.34. The van der Waals surface area contributed by atoms with Crippen molar-refractivity contribution >= 4 is 0 Å². The van der Waals surface area contributed by atoms with E-state index in [-0.39, 0.29) is 5.54 Å². The van der Waals surface area contributed by atoms with Gasteiger partial charge in [-0.1, -0.05) is 20.8 Å². The number of nitriles is 1. The Bertz CT molecular complexity index is 306. The highest BCUT2D eigenvalue weighted by atomic mass is 15.1. The van der Waals surface area contributed by atoms with Gasteiger partial charge in [-0.3, -0.25) is 5.32 Å². The van der Waals surface area contributed by atoms with Gasteiger partial charge in [0.25, 0.3) is 0 Å². The number of unbranched alkanes of at least 4 members (excludes halogenated alkanes) is 1. The first kappa shape index (κ1) is 16.5. The first-order valence-electron chi connectivity index (χ1n) is 7.79. The highest BCUT2D eigenvalue weighted by Crippen LogP contribution is 2.28. The van der Waals surface area contributed by atoms with Gasteiger partial charge < -0.3 is 4.90 Å². The molecule has 0 radical (unpaired) electrons. The summed E-state index contributed by atoms with van der Waals surface area (Å²) in [6.07, 6.45) is 5.98. The maximum Gasteiger partial charge on any atom is 0.103 e. The van der Waals surface area contributed by atoms with Gasteiger partial charge in [0.15, 0.2) is 0 Å². The predicted molar refractivity (Wildman–Crippen MR) is 81.0 cm³/mol. The number of piperidine rings is 1. The third-order valence-corrected chi connectivity index (χ3v) is 4.19. The molecule has 1 N–H and O–H groups in total. The molecule has 0 aromatic rings. The molecule has 110 valence electrons. The highest BCUT2D eigenvalue weighted by Gasteiger charge is 2.26. The molecule has 1 unspecified atom stereocenters. The summed E-state index contributed by atoms with van der Waals surface area (Å²) in [6, 6.07) is 2.41. The van der Waals surface area contributed by atoms with Crippen LogP contribution in [0.4, 0.5) is 0 Å². The molecule has 19 heavy (non-hydrogen) atoms. The number of nitrogens with one attached hydrogen (secondary N) is 1. The van der Waals surface area contributed by atoms with Gasteiger partial charge in [-0.05, 0) is 64.1 Å². The Kier molecular flexibility index (Phi) is 6.29. The Labute approximate surface area is 119 Å². The van der Waals surface area contributed by atoms with Crippen molar-refractivity contribution in [1.29, 1.82) is 5.26 Å². The second-order valence-electron chi connectivity index (χ2n) is 6.98. The minimum Gasteiger partial charge on any atom is -0.303 e. The molecular formula is C16H31N3. The molecule has 0 aromatic heterocycles. The van der Waals surface area contributed by atoms with Crippen LogP contribution in [0.15, 0.2) is 0 Å². The Morgan fingerprint density at radius 2 is 2.11 bits per heavy atom. The number of likely N-dealkylation sites (tertiary alicyclic amines) is 1. The van der Waals surface area contributed by atoms with E-state index in [1.54, 1.807) is 0 Å². The zero-order valence-corrected chi connectivity index (χ0v) is 13.3. The summed E-state index contributed by atoms with van der Waals surface area (Å²) in [5.41, 5.74) is 0.152. The summed E-state index contributed by atoms with van der Waals surface area (Å²) in [5.74, 6) is 0. The number of hydrogen-bond donors (Lipinski definition) is 1. The molecule has 0 amide bonds. The van der Waals surface area contributed by atoms with E-state index < -0.39 is 0 Å². The van der Waals surface area contributed by atoms with E-state index in [1.807, 2.05) is 6.92 Å². The maximum atomic E-state index is 9.21. The van der Waals surface area contributed by atoms with Crippen LogP contribution >= 0.6 is 0 Å². The van der Waals surface area contributed by atoms with Crippen LogP contribution in [0, 0.1) is 16.7 Å². The van der Waals surface area contributed by atoms with Crippen LogP contribution < -0.4 is 5.32 Å². The first-order chi connectivity index (χ1) is 8.91. The second kappa shape index (κ2) is 7.26. The lowest BCUT2D eigenvalue weighted by Crippen LogP contribution is -2.42. The van der Waals surface area contributed by atoms with Crippen LogP contribution in [0.1, 0.15) is 59.8 Å². The van der Waals surface area contributed by atoms with E-state index in [9.17, 15) is 5.26 Å². The van der Waals surface area contributed by atoms with E-state index in [1.165, 1.54) is 38.9 Å². The molecule has 1 saturated heterocycles. The smallest absolute Gasteiger partial charge is 0.103 e. The summed E-state index contributed by atoms with van der Waals surface area (Å²) >= 11 is 0. The lowest BCUT2D eigenvalue weighted by Gasteiger charge is -2.38. The molecule has 1 rings (SSSR count). The van der Waals surface area contributed by atoms with E-state index in [0.29, 0.717) is 5.41 Å². The van der Waals surface area contributed by atoms with Crippen LogP contribution in [0.5, 0.6) is 0 Å². The summed E-state index contributed by atoms with van der Waals surface area (Å²) in [7, 11) is 0. The van der Waals surface area contributed by atoms with E-state index in [0.717, 1.165) is 19.4 Å². The third-order valence-electron chi connectivity index (χ3n) is 4.19. The maximum absolute atomic E-state index is 9.21. The fraction of sp³-hybridized carbons (Fsp3) is 0.938. The van der Waals surface area contributed by atoms with Crippen LogP contribution in [0.25, 0.3) is 0 Å². The normalized spacial score (nSPS) is 22.7. The molecule has 0 saturated carbocycles. The fourth-order valence-corrected chi connectivity index (χ4v) is 3.12. The molecule has 0 aromatic carbocycles. The predicted octanol–water partition coefficient (Wildman–Crippen LogP) is 3.17. The van der Waals surface area contributed by atoms with Crippen LogP contribution in [0.2, 0.25) is 0 Å². The molecule has 3 heteroatoms. The summed E-state index contributed by atoms with van der Waals surface area (Å²) < 4.78 is 0. The number of hydrogen-bond acceptors (Lipinski definition) is 3. The second-order valence-corrected chi connectivity index (χ2v) is 6.98. The van der Waals surface area contributed by atoms with E-state index in [4.69, 9.17) is 0 Å². The van der Waals surface area contributed by atoms with Gasteiger partial charge in [0.1, 0.15) is 5.54 Å². The molecule has 1 aliphatic heterocycles. The molecule has 1 atom stereocenters. The molecule has 0 bridgehead atoms. The first-order valence-corrected chi connectivity index (χ1v) is 7.79. The van der Waals surface area contributed by atoms with Crippen molar-refractivity contribution in [2.24, 2.45) is 5.41 Å². The zero-order valence-electron chi connectivity index (χ0n) is 13.3. The third kappa shape index (κ3) is 5.93. The van der Waals surface area contributed by atoms with Gasteiger partial charge in [0.2, 0.25) is 0 Å². The molecule has 1 fully saturated rings. The Morgan fingerprint density at radius 1 is 1.37 bits per heavy atom. The minimum absolute atomic E-state index is 0.337. The lowest BCUT2D eigenvalue weighted by molar-refractivity contribution is 0.115. The van der Waals surface area contributed by atoms with E-state index >= 15 is 0 Å². The van der Waals surface area contributed by atoms with Crippen molar-refractivity contribution in [3.05, 3.63) is 0 Å². The summed E-state index contributed by atoms with van der Waals surface area (Å²) in [4.78, 5) is 2.60. The van der Waals surface area contributed by atoms with Gasteiger partial charge in [-0.15, -0.1) is 0 Å². The van der Waals surface area contributed by atoms with Crippen LogP contribution in [-0.2, 0) is 0 Å². The van der Waals surface area contributed by atoms with Gasteiger partial charge in [-0.25, -0.2) is 0 Å². The molecule has 1 heterocycles. The fourth-order valence-electron chi connectivity index (χ4n) is 3.12. The largest absolute Gasteiger partial charge is 0.303 e. The van der Waals surface area contributed by atoms with Crippen LogP contribution in [-0.4, -0.2) is 36.6 Å². The van der Waals surface area contributed by atoms with Gasteiger partial charge in [-0.2, -0.15) is 5.26 Å². The van der Waals surface area contributed by atoms with Gasteiger partial charge in [0, 0.05) is 6.54 Å². The Balaban J connectivity index is 2.22. The Morgan fingerprint density at radius 3 is 2.68 bits per heavy atom. The molecule has 1 aliphatic rings. The Hall–Kier alpha value is -0.590. The van der Waals surface area contributed by atoms with Gasteiger partial charge >= 0.3 is 0 Å². The average molecular weight is 265 g/mol. The van der Waals surface area contributed by atoms with Crippen molar-refractivity contribution < 1.29 is 0 Å². The number of rotatable bonds is 7. The summed E-state index contributed by atoms with van der Waals surface area (Å²) in [6.45, 7) is 13.4. The SMILES string of the molecule is CCNC(C)(C#N)CCCCN1CCCC(C)(C)C1. The zero-order chi connectivity index (χ0) is 14.4. The summed E-state index contributed by atoms with van der Waals surface area (Å²) in [5, 5.41) is 12.5. The van der Waals surface area contributed by atoms with E-state index in [2.05, 4.69) is 37.1 Å². The number of nitrogens with zero attached hydrogens (tertiary/aromatic N) is 2. The quantitative estimate of drug-likeness (QED) is 0.719. The van der Waals surface area contributed by atoms with Crippen molar-refractivity contribution in [1.82, 2.24) is 10.2 Å². The van der Waals surface area contributed by atoms with Crippen molar-refractivity contribution in [3.8, 4) is 6.07 Å². The monoisotopic (exact) mass is 265 g/mol. The molecular weight excluding hydrogens is 234 g/mol. The molecule has 3 nitrogen and oxygen atoms in total. The van der Waals surface area contributed by atoms with Crippen molar-refractivity contribution in [3.63, 3.8) is 0 Å². The lowest BCUT2D eigenvalue weighted by atomic mass is 9.84. The molecule has 0 spiro atoms. The minimum atomic E-state index is -0.337. The molecule has 0 aliphatic carbocycles. The standard InChI is InChI=1S/C16H31N3/c1-5-18-16(4,13-17)10-6-7-11-19-12-8-9-15(2,3)14-19/h18H,5-12,14H2,1-4H3. The van der Waals surface area contributed by atoms with Gasteiger partial charge in [0.05, 0.1) is 6.07 Å².